The maximum Gasteiger partial charge on any atom is 0.272 e. The summed E-state index contributed by atoms with van der Waals surface area (Å²) in [4.78, 5) is 32.4. The van der Waals surface area contributed by atoms with E-state index in [0.29, 0.717) is 44.7 Å². The van der Waals surface area contributed by atoms with Crippen molar-refractivity contribution in [2.24, 2.45) is 0 Å². The number of hydrogen-bond donors (Lipinski definition) is 1. The van der Waals surface area contributed by atoms with E-state index < -0.39 is 5.60 Å². The van der Waals surface area contributed by atoms with Crippen LogP contribution < -0.4 is 0 Å². The highest BCUT2D eigenvalue weighted by Crippen LogP contribution is 2.30. The molecule has 0 bridgehead atoms. The van der Waals surface area contributed by atoms with Gasteiger partial charge in [-0.15, -0.1) is 0 Å². The minimum absolute atomic E-state index is 0.103. The van der Waals surface area contributed by atoms with Gasteiger partial charge in [0.25, 0.3) is 11.8 Å². The Balaban J connectivity index is 1.58. The van der Waals surface area contributed by atoms with Crippen LogP contribution in [-0.4, -0.2) is 63.5 Å². The predicted octanol–water partition coefficient (Wildman–Crippen LogP) is 1.06. The van der Waals surface area contributed by atoms with Crippen LogP contribution in [0, 0.1) is 0 Å². The molecular weight excluding hydrogens is 294 g/mol. The van der Waals surface area contributed by atoms with Crippen LogP contribution in [0.15, 0.2) is 24.4 Å². The highest BCUT2D eigenvalue weighted by molar-refractivity contribution is 5.92. The smallest absolute Gasteiger partial charge is 0.272 e. The molecule has 6 heteroatoms. The number of nitrogens with zero attached hydrogens (tertiary/aromatic N) is 3. The summed E-state index contributed by atoms with van der Waals surface area (Å²) in [6, 6.07) is 5.27. The number of pyridine rings is 1. The van der Waals surface area contributed by atoms with Crippen LogP contribution >= 0.6 is 0 Å². The van der Waals surface area contributed by atoms with Crippen LogP contribution in [0.25, 0.3) is 0 Å². The highest BCUT2D eigenvalue weighted by atomic mass is 16.3. The molecule has 0 spiro atoms. The van der Waals surface area contributed by atoms with Gasteiger partial charge in [0, 0.05) is 32.4 Å². The summed E-state index contributed by atoms with van der Waals surface area (Å²) >= 11 is 0. The largest absolute Gasteiger partial charge is 0.380 e. The summed E-state index contributed by atoms with van der Waals surface area (Å²) < 4.78 is 0. The first kappa shape index (κ1) is 15.9. The maximum absolute atomic E-state index is 12.6. The summed E-state index contributed by atoms with van der Waals surface area (Å²) in [7, 11) is 0. The number of rotatable bonds is 2. The van der Waals surface area contributed by atoms with Crippen LogP contribution in [0.1, 0.15) is 42.6 Å². The molecule has 1 saturated heterocycles. The fourth-order valence-electron chi connectivity index (χ4n) is 3.41. The molecule has 0 aromatic carbocycles. The number of aromatic nitrogens is 1. The monoisotopic (exact) mass is 317 g/mol. The number of piperazine rings is 1. The normalized spacial score (nSPS) is 21.1. The van der Waals surface area contributed by atoms with Crippen LogP contribution in [0.3, 0.4) is 0 Å². The molecule has 1 aromatic rings. The molecule has 2 amide bonds. The van der Waals surface area contributed by atoms with Crippen molar-refractivity contribution in [2.45, 2.75) is 37.7 Å². The van der Waals surface area contributed by atoms with Crippen LogP contribution in [0.5, 0.6) is 0 Å². The van der Waals surface area contributed by atoms with Crippen LogP contribution in [-0.2, 0) is 4.79 Å². The predicted molar refractivity (Wildman–Crippen MR) is 84.8 cm³/mol. The number of carbonyl (C=O) groups excluding carboxylic acids is 2. The molecule has 1 aromatic heterocycles. The molecule has 2 heterocycles. The molecular formula is C17H23N3O3. The third-order valence-corrected chi connectivity index (χ3v) is 4.82. The first-order valence-electron chi connectivity index (χ1n) is 8.32. The third-order valence-electron chi connectivity index (χ3n) is 4.82. The first-order chi connectivity index (χ1) is 11.1. The van der Waals surface area contributed by atoms with Gasteiger partial charge in [-0.3, -0.25) is 14.6 Å². The van der Waals surface area contributed by atoms with E-state index in [1.165, 1.54) is 0 Å². The molecule has 0 atom stereocenters. The second-order valence-corrected chi connectivity index (χ2v) is 6.39. The fraction of sp³-hybridized carbons (Fsp3) is 0.588. The second kappa shape index (κ2) is 6.66. The zero-order valence-corrected chi connectivity index (χ0v) is 13.3. The molecule has 1 N–H and O–H groups in total. The van der Waals surface area contributed by atoms with Crippen molar-refractivity contribution >= 4 is 11.8 Å². The van der Waals surface area contributed by atoms with Gasteiger partial charge in [-0.2, -0.15) is 0 Å². The van der Waals surface area contributed by atoms with E-state index in [9.17, 15) is 14.7 Å². The molecule has 0 radical (unpaired) electrons. The van der Waals surface area contributed by atoms with Crippen LogP contribution in [0.2, 0.25) is 0 Å². The van der Waals surface area contributed by atoms with Gasteiger partial charge in [0.05, 0.1) is 0 Å². The summed E-state index contributed by atoms with van der Waals surface area (Å²) in [5.74, 6) is -0.267. The maximum atomic E-state index is 12.6. The summed E-state index contributed by atoms with van der Waals surface area (Å²) in [6.07, 6.45) is 5.60. The fourth-order valence-corrected chi connectivity index (χ4v) is 3.41. The lowest BCUT2D eigenvalue weighted by Crippen LogP contribution is -2.57. The Kier molecular flexibility index (Phi) is 4.61. The molecule has 3 rings (SSSR count). The van der Waals surface area contributed by atoms with E-state index in [0.717, 1.165) is 19.3 Å². The Morgan fingerprint density at radius 1 is 1.00 bits per heavy atom. The van der Waals surface area contributed by atoms with Crippen molar-refractivity contribution < 1.29 is 14.7 Å². The van der Waals surface area contributed by atoms with Gasteiger partial charge in [0.1, 0.15) is 11.3 Å². The number of hydrogen-bond acceptors (Lipinski definition) is 4. The van der Waals surface area contributed by atoms with Gasteiger partial charge in [-0.05, 0) is 25.0 Å². The molecule has 6 nitrogen and oxygen atoms in total. The van der Waals surface area contributed by atoms with Crippen molar-refractivity contribution in [3.63, 3.8) is 0 Å². The van der Waals surface area contributed by atoms with Gasteiger partial charge in [0.2, 0.25) is 0 Å². The Labute approximate surface area is 136 Å². The van der Waals surface area contributed by atoms with E-state index in [1.54, 1.807) is 34.2 Å². The van der Waals surface area contributed by atoms with E-state index >= 15 is 0 Å². The minimum atomic E-state index is -1.19. The van der Waals surface area contributed by atoms with Gasteiger partial charge < -0.3 is 14.9 Å². The quantitative estimate of drug-likeness (QED) is 0.885. The average Bonchev–Trinajstić information content (AvgIpc) is 2.62. The second-order valence-electron chi connectivity index (χ2n) is 6.39. The molecule has 124 valence electrons. The molecule has 1 aliphatic carbocycles. The first-order valence-corrected chi connectivity index (χ1v) is 8.32. The van der Waals surface area contributed by atoms with Crippen molar-refractivity contribution in [1.29, 1.82) is 0 Å². The average molecular weight is 317 g/mol. The molecule has 0 unspecified atom stereocenters. The Morgan fingerprint density at radius 3 is 2.26 bits per heavy atom. The Bertz CT molecular complexity index is 562. The SMILES string of the molecule is O=C(c1ccccn1)N1CCN(C(=O)C2(O)CCCCC2)CC1. The van der Waals surface area contributed by atoms with E-state index in [1.807, 2.05) is 0 Å². The topological polar surface area (TPSA) is 73.7 Å². The molecule has 23 heavy (non-hydrogen) atoms. The lowest BCUT2D eigenvalue weighted by atomic mass is 9.83. The van der Waals surface area contributed by atoms with Crippen molar-refractivity contribution in [3.8, 4) is 0 Å². The van der Waals surface area contributed by atoms with Crippen molar-refractivity contribution in [1.82, 2.24) is 14.8 Å². The lowest BCUT2D eigenvalue weighted by Gasteiger charge is -2.40. The standard InChI is InChI=1S/C17H23N3O3/c21-15(14-6-2-5-9-18-14)19-10-12-20(13-11-19)16(22)17(23)7-3-1-4-8-17/h2,5-6,9,23H,1,3-4,7-8,10-13H2. The zero-order valence-electron chi connectivity index (χ0n) is 13.3. The highest BCUT2D eigenvalue weighted by Gasteiger charge is 2.41. The molecule has 2 aliphatic rings. The van der Waals surface area contributed by atoms with E-state index in [2.05, 4.69) is 4.98 Å². The minimum Gasteiger partial charge on any atom is -0.380 e. The van der Waals surface area contributed by atoms with E-state index in [4.69, 9.17) is 0 Å². The number of carbonyl (C=O) groups is 2. The summed E-state index contributed by atoms with van der Waals surface area (Å²) in [5.41, 5.74) is -0.760. The van der Waals surface area contributed by atoms with Crippen LogP contribution in [0.4, 0.5) is 0 Å². The molecule has 1 aliphatic heterocycles. The third kappa shape index (κ3) is 3.37. The Morgan fingerprint density at radius 2 is 1.65 bits per heavy atom. The summed E-state index contributed by atoms with van der Waals surface area (Å²) in [5, 5.41) is 10.6. The summed E-state index contributed by atoms with van der Waals surface area (Å²) in [6.45, 7) is 1.91. The zero-order chi connectivity index (χ0) is 16.3. The number of amides is 2. The number of aliphatic hydroxyl groups is 1. The van der Waals surface area contributed by atoms with Crippen molar-refractivity contribution in [3.05, 3.63) is 30.1 Å². The van der Waals surface area contributed by atoms with Crippen molar-refractivity contribution in [2.75, 3.05) is 26.2 Å². The van der Waals surface area contributed by atoms with Gasteiger partial charge in [-0.1, -0.05) is 25.3 Å². The van der Waals surface area contributed by atoms with Gasteiger partial charge >= 0.3 is 0 Å². The Hall–Kier alpha value is -1.95. The van der Waals surface area contributed by atoms with E-state index in [-0.39, 0.29) is 11.8 Å². The van der Waals surface area contributed by atoms with Gasteiger partial charge in [-0.25, -0.2) is 0 Å². The molecule has 2 fully saturated rings. The lowest BCUT2D eigenvalue weighted by molar-refractivity contribution is -0.156. The molecule has 1 saturated carbocycles. The van der Waals surface area contributed by atoms with Gasteiger partial charge in [0.15, 0.2) is 0 Å².